The number of nitrogens with zero attached hydrogens (tertiary/aromatic N) is 6. The first-order chi connectivity index (χ1) is 16.1. The van der Waals surface area contributed by atoms with Gasteiger partial charge in [0.25, 0.3) is 0 Å². The van der Waals surface area contributed by atoms with E-state index in [2.05, 4.69) is 148 Å². The molecular formula is C21H24I6N6Zn3. The fourth-order valence-electron chi connectivity index (χ4n) is 2.27. The van der Waals surface area contributed by atoms with Crippen molar-refractivity contribution in [2.24, 2.45) is 0 Å². The number of hydrogen-bond acceptors (Lipinski definition) is 6. The molecule has 0 N–H and O–H groups in total. The first-order valence-electron chi connectivity index (χ1n) is 8.98. The SMILES string of the molecule is C.C.C.[I][Zn][I].[I][Zn][I].[I][Zn][I].c1cc(-c2nc(-c3ccncc3)nc(-c3ccncc3)n2)ccn1. The number of aromatic nitrogens is 6. The maximum Gasteiger partial charge on any atom is 0.164 e. The molecule has 0 bridgehead atoms. The number of rotatable bonds is 3. The minimum absolute atomic E-state index is 0. The predicted molar refractivity (Wildman–Crippen MR) is 194 cm³/mol. The van der Waals surface area contributed by atoms with E-state index in [9.17, 15) is 0 Å². The van der Waals surface area contributed by atoms with Gasteiger partial charge in [0.1, 0.15) is 0 Å². The van der Waals surface area contributed by atoms with Crippen LogP contribution in [0.3, 0.4) is 0 Å². The van der Waals surface area contributed by atoms with E-state index >= 15 is 0 Å². The normalized spacial score (nSPS) is 7.83. The Kier molecular flexibility index (Phi) is 35.0. The Morgan fingerprint density at radius 2 is 0.556 bits per heavy atom. The van der Waals surface area contributed by atoms with Crippen LogP contribution >= 0.6 is 119 Å². The summed E-state index contributed by atoms with van der Waals surface area (Å²) in [4.78, 5) is 26.0. The first-order valence-corrected chi connectivity index (χ1v) is 63.3. The van der Waals surface area contributed by atoms with Crippen LogP contribution in [0.1, 0.15) is 22.3 Å². The monoisotopic (exact) mass is 1310 g/mol. The minimum Gasteiger partial charge on any atom is -0.265 e. The van der Waals surface area contributed by atoms with E-state index in [-0.39, 0.29) is 52.6 Å². The molecule has 4 heterocycles. The molecule has 36 heavy (non-hydrogen) atoms. The Morgan fingerprint density at radius 1 is 0.389 bits per heavy atom. The van der Waals surface area contributed by atoms with E-state index < -0.39 is 0 Å². The van der Waals surface area contributed by atoms with Crippen molar-refractivity contribution in [2.45, 2.75) is 22.3 Å². The van der Waals surface area contributed by atoms with Crippen molar-refractivity contribution in [3.8, 4) is 34.2 Å². The van der Waals surface area contributed by atoms with Crippen LogP contribution in [-0.2, 0) is 30.3 Å². The van der Waals surface area contributed by atoms with Gasteiger partial charge in [0.05, 0.1) is 0 Å². The van der Waals surface area contributed by atoms with Gasteiger partial charge < -0.3 is 0 Å². The predicted octanol–water partition coefficient (Wildman–Crippen LogP) is 10.3. The maximum absolute atomic E-state index is 4.61. The van der Waals surface area contributed by atoms with Crippen LogP contribution < -0.4 is 0 Å². The molecule has 0 aliphatic heterocycles. The van der Waals surface area contributed by atoms with E-state index in [1.807, 2.05) is 36.4 Å². The molecule has 0 spiro atoms. The van der Waals surface area contributed by atoms with Gasteiger partial charge in [-0.05, 0) is 36.4 Å². The average Bonchev–Trinajstić information content (AvgIpc) is 2.87. The van der Waals surface area contributed by atoms with Crippen molar-refractivity contribution in [3.63, 3.8) is 0 Å². The zero-order valence-electron chi connectivity index (χ0n) is 17.0. The van der Waals surface area contributed by atoms with Gasteiger partial charge in [0.15, 0.2) is 17.5 Å². The van der Waals surface area contributed by atoms with Crippen LogP contribution in [0, 0.1) is 0 Å². The first kappa shape index (κ1) is 43.2. The molecule has 4 aromatic heterocycles. The molecule has 0 aliphatic rings. The van der Waals surface area contributed by atoms with Gasteiger partial charge >= 0.3 is 149 Å². The van der Waals surface area contributed by atoms with Crippen molar-refractivity contribution in [3.05, 3.63) is 73.6 Å². The average molecular weight is 1320 g/mol. The van der Waals surface area contributed by atoms with Gasteiger partial charge in [0.2, 0.25) is 0 Å². The Bertz CT molecular complexity index is 884. The molecule has 0 saturated carbocycles. The van der Waals surface area contributed by atoms with E-state index in [0.29, 0.717) is 17.5 Å². The molecule has 15 heteroatoms. The van der Waals surface area contributed by atoms with E-state index in [0.717, 1.165) is 16.7 Å². The standard InChI is InChI=1S/C18H12N6.3CH4.6HI.3Zn/c1-7-19-8-2-13(1)16-22-17(14-3-9-20-10-4-14)24-18(23-16)15-5-11-21-12-6-15;;;;;;;;;;;;/h1-12H;3*1H4;6*1H;;;/q;;;;;;;;;;3*+2/p-6. The van der Waals surface area contributed by atoms with Crippen LogP contribution in [-0.4, -0.2) is 29.9 Å². The van der Waals surface area contributed by atoms with Crippen LogP contribution in [0.5, 0.6) is 0 Å². The summed E-state index contributed by atoms with van der Waals surface area (Å²) in [5, 5.41) is 0. The maximum atomic E-state index is 4.61. The summed E-state index contributed by atoms with van der Waals surface area (Å²) in [6.07, 6.45) is 10.3. The van der Waals surface area contributed by atoms with E-state index in [1.165, 1.54) is 0 Å². The molecule has 0 saturated heterocycles. The quantitative estimate of drug-likeness (QED) is 0.150. The van der Waals surface area contributed by atoms with Crippen LogP contribution in [0.4, 0.5) is 0 Å². The molecule has 0 amide bonds. The third-order valence-electron chi connectivity index (χ3n) is 3.45. The van der Waals surface area contributed by atoms with Crippen LogP contribution in [0.15, 0.2) is 73.6 Å². The Morgan fingerprint density at radius 3 is 0.722 bits per heavy atom. The second-order valence-corrected chi connectivity index (χ2v) is 75.9. The van der Waals surface area contributed by atoms with Crippen molar-refractivity contribution < 1.29 is 30.3 Å². The zero-order chi connectivity index (χ0) is 24.3. The van der Waals surface area contributed by atoms with E-state index in [1.54, 1.807) is 37.2 Å². The summed E-state index contributed by atoms with van der Waals surface area (Å²) >= 11 is 14.8. The van der Waals surface area contributed by atoms with Crippen molar-refractivity contribution in [2.75, 3.05) is 0 Å². The van der Waals surface area contributed by atoms with Gasteiger partial charge in [-0.3, -0.25) is 15.0 Å². The van der Waals surface area contributed by atoms with Gasteiger partial charge in [0, 0.05) is 53.9 Å². The molecule has 0 aliphatic carbocycles. The van der Waals surface area contributed by atoms with Crippen LogP contribution in [0.25, 0.3) is 34.2 Å². The fourth-order valence-corrected chi connectivity index (χ4v) is 2.27. The van der Waals surface area contributed by atoms with Gasteiger partial charge in [-0.2, -0.15) is 0 Å². The molecule has 0 atom stereocenters. The number of hydrogen-bond donors (Lipinski definition) is 0. The largest absolute Gasteiger partial charge is 0.265 e. The smallest absolute Gasteiger partial charge is 0.164 e. The summed E-state index contributed by atoms with van der Waals surface area (Å²) in [5.41, 5.74) is 2.66. The Balaban J connectivity index is -0.000000802. The van der Waals surface area contributed by atoms with Crippen LogP contribution in [0.2, 0.25) is 0 Å². The number of halogens is 6. The summed E-state index contributed by atoms with van der Waals surface area (Å²) in [7, 11) is 0.195. The Hall–Kier alpha value is 2.71. The molecule has 0 radical (unpaired) electrons. The summed E-state index contributed by atoms with van der Waals surface area (Å²) in [5.74, 6) is 1.81. The molecule has 0 aromatic carbocycles. The van der Waals surface area contributed by atoms with Crippen molar-refractivity contribution in [1.82, 2.24) is 29.9 Å². The van der Waals surface area contributed by atoms with Gasteiger partial charge in [-0.1, -0.05) is 22.3 Å². The topological polar surface area (TPSA) is 77.3 Å². The summed E-state index contributed by atoms with van der Waals surface area (Å²) < 4.78 is 0. The minimum atomic E-state index is 0. The third kappa shape index (κ3) is 18.2. The summed E-state index contributed by atoms with van der Waals surface area (Å²) in [6, 6.07) is 11.3. The molecule has 186 valence electrons. The second-order valence-electron chi connectivity index (χ2n) is 5.32. The second kappa shape index (κ2) is 29.2. The fraction of sp³-hybridized carbons (Fsp3) is 0.143. The molecule has 4 rings (SSSR count). The molecule has 4 aromatic rings. The molecular weight excluding hydrogens is 1290 g/mol. The summed E-state index contributed by atoms with van der Waals surface area (Å²) in [6.45, 7) is 0. The molecule has 0 unspecified atom stereocenters. The molecule has 6 nitrogen and oxygen atoms in total. The van der Waals surface area contributed by atoms with Gasteiger partial charge in [-0.25, -0.2) is 15.0 Å². The van der Waals surface area contributed by atoms with Gasteiger partial charge in [-0.15, -0.1) is 0 Å². The van der Waals surface area contributed by atoms with Crippen molar-refractivity contribution in [1.29, 1.82) is 0 Å². The Labute approximate surface area is 302 Å². The molecule has 0 fully saturated rings. The van der Waals surface area contributed by atoms with Crippen molar-refractivity contribution >= 4 is 119 Å². The third-order valence-corrected chi connectivity index (χ3v) is 3.45. The zero-order valence-corrected chi connectivity index (χ0v) is 38.8. The van der Waals surface area contributed by atoms with E-state index in [4.69, 9.17) is 0 Å². The number of pyridine rings is 3.